The van der Waals surface area contributed by atoms with Crippen LogP contribution in [0.25, 0.3) is 0 Å². The maximum Gasteiger partial charge on any atom is 0.271 e. The quantitative estimate of drug-likeness (QED) is 0.765. The average molecular weight is 385 g/mol. The second kappa shape index (κ2) is 9.30. The lowest BCUT2D eigenvalue weighted by atomic mass is 9.69. The summed E-state index contributed by atoms with van der Waals surface area (Å²) < 4.78 is 0. The number of carbonyl (C=O) groups excluding carboxylic acids is 2. The molecule has 1 aliphatic heterocycles. The van der Waals surface area contributed by atoms with Gasteiger partial charge in [-0.2, -0.15) is 0 Å². The van der Waals surface area contributed by atoms with E-state index in [1.165, 1.54) is 18.0 Å². The van der Waals surface area contributed by atoms with E-state index in [-0.39, 0.29) is 11.8 Å². The topological polar surface area (TPSA) is 75.2 Å². The normalized spacial score (nSPS) is 24.9. The standard InChI is InChI=1S/C22H32N4O2/c1-15(2)19-11-17(12-21(27)26-8-4-5-9-26)16(3)10-18(19)13-25-22(28)20-14-23-6-7-24-20/h6-7,10,14-15,17-19H,4-5,8-9,11-13H2,1-3H3,(H,25,28)/t17-,18-,19-/m0/s1. The van der Waals surface area contributed by atoms with E-state index in [1.807, 2.05) is 4.90 Å². The van der Waals surface area contributed by atoms with E-state index in [0.717, 1.165) is 32.4 Å². The van der Waals surface area contributed by atoms with Crippen molar-refractivity contribution in [3.63, 3.8) is 0 Å². The molecule has 28 heavy (non-hydrogen) atoms. The molecule has 2 heterocycles. The van der Waals surface area contributed by atoms with Crippen molar-refractivity contribution < 1.29 is 9.59 Å². The summed E-state index contributed by atoms with van der Waals surface area (Å²) in [6.45, 7) is 9.02. The monoisotopic (exact) mass is 384 g/mol. The van der Waals surface area contributed by atoms with Gasteiger partial charge in [0.1, 0.15) is 5.69 Å². The molecule has 1 aliphatic carbocycles. The molecule has 3 atom stereocenters. The molecule has 1 aromatic heterocycles. The minimum absolute atomic E-state index is 0.187. The van der Waals surface area contributed by atoms with Crippen molar-refractivity contribution in [2.24, 2.45) is 23.7 Å². The van der Waals surface area contributed by atoms with Crippen LogP contribution in [0.3, 0.4) is 0 Å². The van der Waals surface area contributed by atoms with Crippen LogP contribution in [0.5, 0.6) is 0 Å². The van der Waals surface area contributed by atoms with Crippen LogP contribution in [0.2, 0.25) is 0 Å². The third kappa shape index (κ3) is 4.97. The molecular weight excluding hydrogens is 352 g/mol. The molecule has 0 bridgehead atoms. The van der Waals surface area contributed by atoms with Gasteiger partial charge >= 0.3 is 0 Å². The number of allylic oxidation sites excluding steroid dienone is 1. The summed E-state index contributed by atoms with van der Waals surface area (Å²) in [4.78, 5) is 35.0. The van der Waals surface area contributed by atoms with E-state index < -0.39 is 0 Å². The third-order valence-corrected chi connectivity index (χ3v) is 6.26. The van der Waals surface area contributed by atoms with Crippen molar-refractivity contribution in [3.05, 3.63) is 35.9 Å². The zero-order chi connectivity index (χ0) is 20.1. The molecular formula is C22H32N4O2. The van der Waals surface area contributed by atoms with E-state index in [1.54, 1.807) is 6.20 Å². The van der Waals surface area contributed by atoms with E-state index in [9.17, 15) is 9.59 Å². The summed E-state index contributed by atoms with van der Waals surface area (Å²) in [6, 6.07) is 0. The molecule has 1 aromatic rings. The Hall–Kier alpha value is -2.24. The molecule has 1 N–H and O–H groups in total. The largest absolute Gasteiger partial charge is 0.350 e. The Morgan fingerprint density at radius 2 is 2.00 bits per heavy atom. The maximum absolute atomic E-state index is 12.6. The highest BCUT2D eigenvalue weighted by Gasteiger charge is 2.33. The van der Waals surface area contributed by atoms with Gasteiger partial charge in [-0.25, -0.2) is 4.98 Å². The van der Waals surface area contributed by atoms with Gasteiger partial charge in [0.25, 0.3) is 5.91 Å². The molecule has 2 amide bonds. The molecule has 2 aliphatic rings. The van der Waals surface area contributed by atoms with Crippen LogP contribution < -0.4 is 5.32 Å². The van der Waals surface area contributed by atoms with Gasteiger partial charge in [0.15, 0.2) is 0 Å². The van der Waals surface area contributed by atoms with Gasteiger partial charge in [-0.15, -0.1) is 0 Å². The SMILES string of the molecule is CC1=C[C@@H](CNC(=O)c2cnccn2)[C@H](C(C)C)C[C@H]1CC(=O)N1CCCC1. The molecule has 6 heteroatoms. The van der Waals surface area contributed by atoms with Crippen molar-refractivity contribution in [3.8, 4) is 0 Å². The number of aromatic nitrogens is 2. The Morgan fingerprint density at radius 1 is 1.25 bits per heavy atom. The summed E-state index contributed by atoms with van der Waals surface area (Å²) in [7, 11) is 0. The molecule has 1 fully saturated rings. The Balaban J connectivity index is 1.63. The fourth-order valence-corrected chi connectivity index (χ4v) is 4.53. The first-order valence-corrected chi connectivity index (χ1v) is 10.5. The van der Waals surface area contributed by atoms with Crippen LogP contribution in [0.1, 0.15) is 56.9 Å². The lowest BCUT2D eigenvalue weighted by Gasteiger charge is -2.37. The Kier molecular flexibility index (Phi) is 6.81. The summed E-state index contributed by atoms with van der Waals surface area (Å²) in [5, 5.41) is 3.01. The number of nitrogens with one attached hydrogen (secondary N) is 1. The summed E-state index contributed by atoms with van der Waals surface area (Å²) >= 11 is 0. The lowest BCUT2D eigenvalue weighted by Crippen LogP contribution is -2.38. The Labute approximate surface area is 167 Å². The minimum Gasteiger partial charge on any atom is -0.350 e. The predicted molar refractivity (Wildman–Crippen MR) is 108 cm³/mol. The number of carbonyl (C=O) groups is 2. The number of hydrogen-bond acceptors (Lipinski definition) is 4. The number of likely N-dealkylation sites (tertiary alicyclic amines) is 1. The third-order valence-electron chi connectivity index (χ3n) is 6.26. The maximum atomic E-state index is 12.6. The molecule has 3 rings (SSSR count). The summed E-state index contributed by atoms with van der Waals surface area (Å²) in [5.41, 5.74) is 1.62. The molecule has 6 nitrogen and oxygen atoms in total. The van der Waals surface area contributed by atoms with Gasteiger partial charge in [-0.1, -0.05) is 25.5 Å². The average Bonchev–Trinajstić information content (AvgIpc) is 3.23. The van der Waals surface area contributed by atoms with Crippen LogP contribution >= 0.6 is 0 Å². The van der Waals surface area contributed by atoms with Crippen molar-refractivity contribution in [1.29, 1.82) is 0 Å². The highest BCUT2D eigenvalue weighted by molar-refractivity contribution is 5.91. The highest BCUT2D eigenvalue weighted by Crippen LogP contribution is 2.39. The number of amides is 2. The van der Waals surface area contributed by atoms with Gasteiger partial charge in [-0.3, -0.25) is 14.6 Å². The van der Waals surface area contributed by atoms with Crippen molar-refractivity contribution in [1.82, 2.24) is 20.2 Å². The van der Waals surface area contributed by atoms with Gasteiger partial charge in [0.05, 0.1) is 6.20 Å². The molecule has 0 aromatic carbocycles. The van der Waals surface area contributed by atoms with Crippen LogP contribution in [0.4, 0.5) is 0 Å². The molecule has 0 radical (unpaired) electrons. The van der Waals surface area contributed by atoms with E-state index in [0.29, 0.717) is 42.3 Å². The second-order valence-corrected chi connectivity index (χ2v) is 8.51. The van der Waals surface area contributed by atoms with Crippen LogP contribution in [0, 0.1) is 23.7 Å². The van der Waals surface area contributed by atoms with Gasteiger partial charge in [-0.05, 0) is 49.9 Å². The molecule has 0 unspecified atom stereocenters. The Morgan fingerprint density at radius 3 is 2.64 bits per heavy atom. The fraction of sp³-hybridized carbons (Fsp3) is 0.636. The van der Waals surface area contributed by atoms with Crippen molar-refractivity contribution in [2.45, 2.75) is 46.5 Å². The number of nitrogens with zero attached hydrogens (tertiary/aromatic N) is 3. The van der Waals surface area contributed by atoms with Gasteiger partial charge < -0.3 is 10.2 Å². The van der Waals surface area contributed by atoms with Crippen molar-refractivity contribution in [2.75, 3.05) is 19.6 Å². The summed E-state index contributed by atoms with van der Waals surface area (Å²) in [5.74, 6) is 1.64. The van der Waals surface area contributed by atoms with Crippen molar-refractivity contribution >= 4 is 11.8 Å². The first-order chi connectivity index (χ1) is 13.5. The number of hydrogen-bond donors (Lipinski definition) is 1. The van der Waals surface area contributed by atoms with Gasteiger partial charge in [0.2, 0.25) is 5.91 Å². The molecule has 0 saturated carbocycles. The zero-order valence-corrected chi connectivity index (χ0v) is 17.2. The first kappa shape index (κ1) is 20.5. The second-order valence-electron chi connectivity index (χ2n) is 8.51. The molecule has 0 spiro atoms. The van der Waals surface area contributed by atoms with Crippen LogP contribution in [0.15, 0.2) is 30.2 Å². The highest BCUT2D eigenvalue weighted by atomic mass is 16.2. The molecule has 152 valence electrons. The molecule has 1 saturated heterocycles. The van der Waals surface area contributed by atoms with Crippen LogP contribution in [-0.2, 0) is 4.79 Å². The Bertz CT molecular complexity index is 711. The number of rotatable bonds is 6. The van der Waals surface area contributed by atoms with Gasteiger partial charge in [0, 0.05) is 38.4 Å². The fourth-order valence-electron chi connectivity index (χ4n) is 4.53. The zero-order valence-electron chi connectivity index (χ0n) is 17.2. The first-order valence-electron chi connectivity index (χ1n) is 10.5. The predicted octanol–water partition coefficient (Wildman–Crippen LogP) is 3.07. The lowest BCUT2D eigenvalue weighted by molar-refractivity contribution is -0.131. The van der Waals surface area contributed by atoms with Crippen LogP contribution in [-0.4, -0.2) is 46.3 Å². The minimum atomic E-state index is -0.187. The van der Waals surface area contributed by atoms with E-state index in [2.05, 4.69) is 42.1 Å². The van der Waals surface area contributed by atoms with E-state index >= 15 is 0 Å². The smallest absolute Gasteiger partial charge is 0.271 e. The van der Waals surface area contributed by atoms with E-state index in [4.69, 9.17) is 0 Å². The summed E-state index contributed by atoms with van der Waals surface area (Å²) in [6.07, 6.45) is 10.7.